The average molecular weight is 409 g/mol. The highest BCUT2D eigenvalue weighted by atomic mass is 32.2. The largest absolute Gasteiger partial charge is 0.481 e. The summed E-state index contributed by atoms with van der Waals surface area (Å²) < 4.78 is 9.64. The van der Waals surface area contributed by atoms with E-state index in [1.807, 2.05) is 19.2 Å². The minimum Gasteiger partial charge on any atom is -0.481 e. The number of hydrogen-bond donors (Lipinski definition) is 1. The van der Waals surface area contributed by atoms with Crippen LogP contribution in [-0.2, 0) is 9.59 Å². The lowest BCUT2D eigenvalue weighted by Crippen LogP contribution is -2.49. The maximum absolute atomic E-state index is 12.3. The number of aromatic nitrogens is 2. The first-order valence-electron chi connectivity index (χ1n) is 9.11. The first-order chi connectivity index (χ1) is 13.9. The van der Waals surface area contributed by atoms with Crippen LogP contribution in [-0.4, -0.2) is 85.5 Å². The third-order valence-corrected chi connectivity index (χ3v) is 5.61. The summed E-state index contributed by atoms with van der Waals surface area (Å²) in [5.74, 6) is -0.00831. The highest BCUT2D eigenvalue weighted by Crippen LogP contribution is 2.31. The molecule has 0 aliphatic carbocycles. The number of hydrogen-bond acceptors (Lipinski definition) is 6. The van der Waals surface area contributed by atoms with Gasteiger partial charge in [0, 0.05) is 50.7 Å². The summed E-state index contributed by atoms with van der Waals surface area (Å²) >= 11 is 1.60. The molecule has 3 heterocycles. The maximum atomic E-state index is 12.3. The van der Waals surface area contributed by atoms with E-state index in [9.17, 15) is 9.59 Å². The van der Waals surface area contributed by atoms with Gasteiger partial charge in [-0.15, -0.1) is 0 Å². The van der Waals surface area contributed by atoms with Crippen molar-refractivity contribution in [3.63, 3.8) is 0 Å². The number of pyridine rings is 1. The average Bonchev–Trinajstić information content (AvgIpc) is 3.11. The molecule has 0 aromatic carbocycles. The molecule has 11 heteroatoms. The molecule has 1 saturated heterocycles. The molecule has 2 amide bonds. The van der Waals surface area contributed by atoms with Gasteiger partial charge in [-0.25, -0.2) is 9.29 Å². The zero-order chi connectivity index (χ0) is 21.0. The number of nitrogens with one attached hydrogen (secondary N) is 1. The SMILES string of the molecule is [B]C([B])=CC(=O)NCC(=O)N1CCN(Sn2ccc3c(OC)ncc(C)c32)CC1. The van der Waals surface area contributed by atoms with Gasteiger partial charge in [0.1, 0.15) is 0 Å². The van der Waals surface area contributed by atoms with E-state index < -0.39 is 5.91 Å². The first kappa shape index (κ1) is 21.3. The Morgan fingerprint density at radius 3 is 2.69 bits per heavy atom. The Kier molecular flexibility index (Phi) is 6.91. The predicted molar refractivity (Wildman–Crippen MR) is 115 cm³/mol. The standard InChI is InChI=1S/C18H21B2N5O3S/c1-12-10-22-18(28-2)13-3-4-25(17(12)13)29-24-7-5-23(6-8-24)16(27)11-21-15(26)9-14(19)20/h3-4,9-10H,5-8,11H2,1-2H3,(H,21,26). The van der Waals surface area contributed by atoms with E-state index in [0.29, 0.717) is 32.1 Å². The summed E-state index contributed by atoms with van der Waals surface area (Å²) in [5, 5.41) is 3.36. The van der Waals surface area contributed by atoms with E-state index in [2.05, 4.69) is 18.6 Å². The van der Waals surface area contributed by atoms with E-state index in [0.717, 1.165) is 22.5 Å². The van der Waals surface area contributed by atoms with Gasteiger partial charge in [0.2, 0.25) is 17.7 Å². The maximum Gasteiger partial charge on any atom is 0.242 e. The van der Waals surface area contributed by atoms with Crippen LogP contribution in [0.15, 0.2) is 29.9 Å². The monoisotopic (exact) mass is 409 g/mol. The minimum atomic E-state index is -0.479. The van der Waals surface area contributed by atoms with Crippen molar-refractivity contribution in [2.75, 3.05) is 39.8 Å². The third kappa shape index (κ3) is 5.16. The molecule has 4 radical (unpaired) electrons. The lowest BCUT2D eigenvalue weighted by molar-refractivity contribution is -0.133. The molecule has 1 fully saturated rings. The molecule has 3 rings (SSSR count). The second-order valence-electron chi connectivity index (χ2n) is 6.61. The molecular weight excluding hydrogens is 388 g/mol. The molecule has 2 aromatic rings. The first-order valence-corrected chi connectivity index (χ1v) is 9.84. The van der Waals surface area contributed by atoms with Gasteiger partial charge >= 0.3 is 0 Å². The van der Waals surface area contributed by atoms with E-state index in [-0.39, 0.29) is 17.8 Å². The van der Waals surface area contributed by atoms with Crippen LogP contribution in [0.4, 0.5) is 0 Å². The smallest absolute Gasteiger partial charge is 0.242 e. The second-order valence-corrected chi connectivity index (χ2v) is 7.68. The molecule has 1 aliphatic heterocycles. The van der Waals surface area contributed by atoms with Crippen molar-refractivity contribution in [3.8, 4) is 5.88 Å². The van der Waals surface area contributed by atoms with Gasteiger partial charge in [-0.1, -0.05) is 0 Å². The third-order valence-electron chi connectivity index (χ3n) is 4.53. The highest BCUT2D eigenvalue weighted by Gasteiger charge is 2.23. The van der Waals surface area contributed by atoms with Crippen molar-refractivity contribution in [2.45, 2.75) is 6.92 Å². The van der Waals surface area contributed by atoms with E-state index in [4.69, 9.17) is 20.4 Å². The summed E-state index contributed by atoms with van der Waals surface area (Å²) in [4.78, 5) is 29.8. The fraction of sp³-hybridized carbons (Fsp3) is 0.389. The van der Waals surface area contributed by atoms with Gasteiger partial charge in [0.15, 0.2) is 0 Å². The predicted octanol–water partition coefficient (Wildman–Crippen LogP) is 0.203. The van der Waals surface area contributed by atoms with Crippen molar-refractivity contribution in [1.82, 2.24) is 23.5 Å². The number of methoxy groups -OCH3 is 1. The summed E-state index contributed by atoms with van der Waals surface area (Å²) in [6.45, 7) is 4.52. The molecule has 1 aliphatic rings. The Hall–Kier alpha value is -2.39. The summed E-state index contributed by atoms with van der Waals surface area (Å²) in [5.41, 5.74) is 2.13. The number of aryl methyl sites for hydroxylation is 1. The van der Waals surface area contributed by atoms with E-state index in [1.54, 1.807) is 30.3 Å². The highest BCUT2D eigenvalue weighted by molar-refractivity contribution is 7.95. The van der Waals surface area contributed by atoms with Crippen LogP contribution in [0.5, 0.6) is 5.88 Å². The summed E-state index contributed by atoms with van der Waals surface area (Å²) in [6.07, 6.45) is 4.85. The molecule has 0 bridgehead atoms. The van der Waals surface area contributed by atoms with E-state index >= 15 is 0 Å². The molecule has 0 unspecified atom stereocenters. The zero-order valence-electron chi connectivity index (χ0n) is 16.4. The molecule has 0 saturated carbocycles. The molecule has 8 nitrogen and oxygen atoms in total. The van der Waals surface area contributed by atoms with Crippen molar-refractivity contribution < 1.29 is 14.3 Å². The van der Waals surface area contributed by atoms with Crippen molar-refractivity contribution in [2.24, 2.45) is 0 Å². The Morgan fingerprint density at radius 1 is 1.31 bits per heavy atom. The molecule has 148 valence electrons. The molecule has 0 spiro atoms. The lowest BCUT2D eigenvalue weighted by atomic mass is 9.78. The van der Waals surface area contributed by atoms with Gasteiger partial charge in [-0.05, 0) is 24.6 Å². The topological polar surface area (TPSA) is 79.7 Å². The van der Waals surface area contributed by atoms with Gasteiger partial charge in [-0.2, -0.15) is 5.37 Å². The van der Waals surface area contributed by atoms with Crippen molar-refractivity contribution in [1.29, 1.82) is 0 Å². The number of rotatable bonds is 6. The number of piperazine rings is 1. The van der Waals surface area contributed by atoms with Crippen LogP contribution < -0.4 is 10.1 Å². The van der Waals surface area contributed by atoms with Crippen LogP contribution in [0.3, 0.4) is 0 Å². The zero-order valence-corrected chi connectivity index (χ0v) is 17.2. The number of amides is 2. The van der Waals surface area contributed by atoms with E-state index in [1.165, 1.54) is 0 Å². The normalized spacial score (nSPS) is 14.6. The van der Waals surface area contributed by atoms with Crippen molar-refractivity contribution >= 4 is 50.5 Å². The number of nitrogens with zero attached hydrogens (tertiary/aromatic N) is 4. The number of carbonyl (C=O) groups excluding carboxylic acids is 2. The Bertz CT molecular complexity index is 937. The molecule has 29 heavy (non-hydrogen) atoms. The fourth-order valence-corrected chi connectivity index (χ4v) is 4.13. The molecule has 1 N–H and O–H groups in total. The van der Waals surface area contributed by atoms with Crippen LogP contribution in [0, 0.1) is 6.92 Å². The fourth-order valence-electron chi connectivity index (χ4n) is 3.11. The molecular formula is C18H21B2N5O3S. The number of ether oxygens (including phenoxy) is 1. The lowest BCUT2D eigenvalue weighted by Gasteiger charge is -2.33. The number of carbonyl (C=O) groups is 2. The van der Waals surface area contributed by atoms with Gasteiger partial charge in [0.25, 0.3) is 0 Å². The Labute approximate surface area is 176 Å². The molecule has 2 aromatic heterocycles. The summed E-state index contributed by atoms with van der Waals surface area (Å²) in [6, 6.07) is 1.99. The van der Waals surface area contributed by atoms with Crippen LogP contribution in [0.1, 0.15) is 5.56 Å². The van der Waals surface area contributed by atoms with Gasteiger partial charge < -0.3 is 15.0 Å². The molecule has 0 atom stereocenters. The Morgan fingerprint density at radius 2 is 2.03 bits per heavy atom. The minimum absolute atomic E-state index is 0.0794. The van der Waals surface area contributed by atoms with Crippen LogP contribution >= 0.6 is 12.1 Å². The second kappa shape index (κ2) is 9.41. The Balaban J connectivity index is 1.55. The van der Waals surface area contributed by atoms with Crippen LogP contribution in [0.25, 0.3) is 10.9 Å². The quantitative estimate of drug-likeness (QED) is 0.418. The van der Waals surface area contributed by atoms with Crippen molar-refractivity contribution in [3.05, 3.63) is 35.5 Å². The number of fused-ring (bicyclic) bond motifs is 1. The van der Waals surface area contributed by atoms with Crippen LogP contribution in [0.2, 0.25) is 0 Å². The summed E-state index contributed by atoms with van der Waals surface area (Å²) in [7, 11) is 12.1. The van der Waals surface area contributed by atoms with Gasteiger partial charge in [-0.3, -0.25) is 13.6 Å². The van der Waals surface area contributed by atoms with Gasteiger partial charge in [0.05, 0.1) is 40.3 Å².